The Morgan fingerprint density at radius 1 is 1.36 bits per heavy atom. The van der Waals surface area contributed by atoms with Crippen molar-refractivity contribution >= 4 is 17.7 Å². The van der Waals surface area contributed by atoms with Crippen LogP contribution in [0.25, 0.3) is 0 Å². The number of rotatable bonds is 5. The summed E-state index contributed by atoms with van der Waals surface area (Å²) in [6.07, 6.45) is -0.755. The van der Waals surface area contributed by atoms with E-state index in [1.54, 1.807) is 20.8 Å². The third-order valence-electron chi connectivity index (χ3n) is 2.25. The van der Waals surface area contributed by atoms with Crippen molar-refractivity contribution in [3.05, 3.63) is 33.9 Å². The van der Waals surface area contributed by atoms with Crippen LogP contribution in [0.15, 0.2) is 18.2 Å². The Balaban J connectivity index is 2.75. The summed E-state index contributed by atoms with van der Waals surface area (Å²) in [4.78, 5) is 32.4. The molecule has 0 aliphatic rings. The summed E-state index contributed by atoms with van der Waals surface area (Å²) in [5.74, 6) is -1.53. The molecule has 1 amide bonds. The van der Waals surface area contributed by atoms with Crippen molar-refractivity contribution in [1.29, 1.82) is 0 Å². The van der Waals surface area contributed by atoms with E-state index in [1.165, 1.54) is 0 Å². The van der Waals surface area contributed by atoms with E-state index in [4.69, 9.17) is 14.6 Å². The number of benzene rings is 1. The van der Waals surface area contributed by atoms with Gasteiger partial charge in [0.15, 0.2) is 6.73 Å². The predicted molar refractivity (Wildman–Crippen MR) is 74.9 cm³/mol. The maximum Gasteiger partial charge on any atom is 0.410 e. The molecule has 0 unspecified atom stereocenters. The Hall–Kier alpha value is -2.84. The predicted octanol–water partition coefficient (Wildman–Crippen LogP) is 2.15. The molecule has 1 aromatic rings. The Morgan fingerprint density at radius 3 is 2.50 bits per heavy atom. The van der Waals surface area contributed by atoms with Crippen LogP contribution in [0.3, 0.4) is 0 Å². The number of nitrogens with zero attached hydrogens (tertiary/aromatic N) is 1. The summed E-state index contributed by atoms with van der Waals surface area (Å²) in [5.41, 5.74) is -1.27. The summed E-state index contributed by atoms with van der Waals surface area (Å²) < 4.78 is 10.0. The molecule has 0 fully saturated rings. The van der Waals surface area contributed by atoms with Crippen LogP contribution in [0, 0.1) is 10.1 Å². The van der Waals surface area contributed by atoms with Gasteiger partial charge >= 0.3 is 12.1 Å². The number of nitro groups is 1. The summed E-state index contributed by atoms with van der Waals surface area (Å²) in [7, 11) is 0. The maximum atomic E-state index is 11.4. The van der Waals surface area contributed by atoms with Crippen LogP contribution < -0.4 is 10.1 Å². The minimum Gasteiger partial charge on any atom is -0.478 e. The minimum atomic E-state index is -1.30. The van der Waals surface area contributed by atoms with Gasteiger partial charge in [-0.25, -0.2) is 9.59 Å². The highest BCUT2D eigenvalue weighted by Crippen LogP contribution is 2.24. The van der Waals surface area contributed by atoms with E-state index in [2.05, 4.69) is 5.32 Å². The number of carbonyl (C=O) groups excluding carboxylic acids is 1. The first-order valence-corrected chi connectivity index (χ1v) is 6.21. The first-order chi connectivity index (χ1) is 10.1. The van der Waals surface area contributed by atoms with Crippen LogP contribution in [-0.2, 0) is 4.74 Å². The molecule has 0 bridgehead atoms. The highest BCUT2D eigenvalue weighted by molar-refractivity contribution is 5.91. The highest BCUT2D eigenvalue weighted by Gasteiger charge is 2.18. The number of nitrogens with one attached hydrogen (secondary N) is 1. The molecule has 0 saturated heterocycles. The summed E-state index contributed by atoms with van der Waals surface area (Å²) in [6.45, 7) is 4.64. The second-order valence-corrected chi connectivity index (χ2v) is 5.21. The van der Waals surface area contributed by atoms with Crippen LogP contribution in [0.4, 0.5) is 10.5 Å². The van der Waals surface area contributed by atoms with Crippen LogP contribution >= 0.6 is 0 Å². The van der Waals surface area contributed by atoms with Gasteiger partial charge in [0.05, 0.1) is 11.0 Å². The monoisotopic (exact) mass is 312 g/mol. The Kier molecular flexibility index (Phi) is 5.28. The fraction of sp³-hybridized carbons (Fsp3) is 0.385. The quantitative estimate of drug-likeness (QED) is 0.484. The lowest BCUT2D eigenvalue weighted by Crippen LogP contribution is -2.34. The summed E-state index contributed by atoms with van der Waals surface area (Å²) in [6, 6.07) is 3.08. The maximum absolute atomic E-state index is 11.4. The molecule has 9 nitrogen and oxygen atoms in total. The number of nitro benzene ring substituents is 1. The first kappa shape index (κ1) is 17.2. The van der Waals surface area contributed by atoms with E-state index in [9.17, 15) is 19.7 Å². The van der Waals surface area contributed by atoms with Crippen LogP contribution in [-0.4, -0.2) is 34.4 Å². The molecule has 9 heteroatoms. The molecular formula is C13H16N2O7. The third kappa shape index (κ3) is 5.27. The average Bonchev–Trinajstić information content (AvgIpc) is 2.35. The van der Waals surface area contributed by atoms with E-state index < -0.39 is 29.3 Å². The second kappa shape index (κ2) is 6.74. The highest BCUT2D eigenvalue weighted by atomic mass is 16.6. The molecule has 120 valence electrons. The number of ether oxygens (including phenoxy) is 2. The van der Waals surface area contributed by atoms with Gasteiger partial charge in [-0.05, 0) is 26.8 Å². The van der Waals surface area contributed by atoms with Gasteiger partial charge in [0.25, 0.3) is 5.69 Å². The molecule has 0 heterocycles. The second-order valence-electron chi connectivity index (χ2n) is 5.21. The molecule has 0 aliphatic carbocycles. The van der Waals surface area contributed by atoms with Gasteiger partial charge in [0.2, 0.25) is 0 Å². The van der Waals surface area contributed by atoms with Crippen molar-refractivity contribution in [3.8, 4) is 5.75 Å². The molecule has 1 aromatic carbocycles. The zero-order chi connectivity index (χ0) is 16.9. The number of non-ortho nitro benzene ring substituents is 1. The van der Waals surface area contributed by atoms with Crippen molar-refractivity contribution in [3.63, 3.8) is 0 Å². The Morgan fingerprint density at radius 2 is 2.00 bits per heavy atom. The van der Waals surface area contributed by atoms with Gasteiger partial charge in [-0.1, -0.05) is 0 Å². The first-order valence-electron chi connectivity index (χ1n) is 6.21. The van der Waals surface area contributed by atoms with E-state index in [-0.39, 0.29) is 17.0 Å². The SMILES string of the molecule is CC(C)(C)OC(=O)NCOc1cc([N+](=O)[O-])ccc1C(=O)O. The smallest absolute Gasteiger partial charge is 0.410 e. The van der Waals surface area contributed by atoms with E-state index >= 15 is 0 Å². The number of carboxylic acids is 1. The number of hydrogen-bond donors (Lipinski definition) is 2. The van der Waals surface area contributed by atoms with Crippen LogP contribution in [0.5, 0.6) is 5.75 Å². The number of hydrogen-bond acceptors (Lipinski definition) is 6. The van der Waals surface area contributed by atoms with Gasteiger partial charge in [-0.2, -0.15) is 0 Å². The molecule has 22 heavy (non-hydrogen) atoms. The standard InChI is InChI=1S/C13H16N2O7/c1-13(2,3)22-12(18)14-7-21-10-6-8(15(19)20)4-5-9(10)11(16)17/h4-6H,7H2,1-3H3,(H,14,18)(H,16,17). The largest absolute Gasteiger partial charge is 0.478 e. The van der Waals surface area contributed by atoms with E-state index in [1.807, 2.05) is 0 Å². The molecule has 0 saturated carbocycles. The Labute approximate surface area is 126 Å². The van der Waals surface area contributed by atoms with Gasteiger partial charge in [-0.3, -0.25) is 15.4 Å². The van der Waals surface area contributed by atoms with Gasteiger partial charge in [0, 0.05) is 6.07 Å². The fourth-order valence-corrected chi connectivity index (χ4v) is 1.41. The molecule has 0 aliphatic heterocycles. The lowest BCUT2D eigenvalue weighted by Gasteiger charge is -2.19. The number of alkyl carbamates (subject to hydrolysis) is 1. The van der Waals surface area contributed by atoms with Gasteiger partial charge in [-0.15, -0.1) is 0 Å². The molecule has 0 radical (unpaired) electrons. The zero-order valence-electron chi connectivity index (χ0n) is 12.3. The minimum absolute atomic E-state index is 0.224. The number of amides is 1. The molecule has 1 rings (SSSR count). The van der Waals surface area contributed by atoms with Crippen molar-refractivity contribution in [2.75, 3.05) is 6.73 Å². The number of carbonyl (C=O) groups is 2. The third-order valence-corrected chi connectivity index (χ3v) is 2.25. The molecule has 2 N–H and O–H groups in total. The van der Waals surface area contributed by atoms with E-state index in [0.717, 1.165) is 18.2 Å². The number of carboxylic acid groups (broad SMARTS) is 1. The summed E-state index contributed by atoms with van der Waals surface area (Å²) in [5, 5.41) is 21.9. The topological polar surface area (TPSA) is 128 Å². The van der Waals surface area contributed by atoms with Crippen molar-refractivity contribution in [2.24, 2.45) is 0 Å². The molecular weight excluding hydrogens is 296 g/mol. The van der Waals surface area contributed by atoms with Crippen LogP contribution in [0.1, 0.15) is 31.1 Å². The lowest BCUT2D eigenvalue weighted by molar-refractivity contribution is -0.384. The molecule has 0 aromatic heterocycles. The lowest BCUT2D eigenvalue weighted by atomic mass is 10.2. The Bertz CT molecular complexity index is 593. The van der Waals surface area contributed by atoms with Crippen LogP contribution in [0.2, 0.25) is 0 Å². The van der Waals surface area contributed by atoms with Gasteiger partial charge < -0.3 is 14.6 Å². The summed E-state index contributed by atoms with van der Waals surface area (Å²) >= 11 is 0. The van der Waals surface area contributed by atoms with Crippen molar-refractivity contribution in [2.45, 2.75) is 26.4 Å². The van der Waals surface area contributed by atoms with Crippen molar-refractivity contribution < 1.29 is 29.1 Å². The van der Waals surface area contributed by atoms with E-state index in [0.29, 0.717) is 0 Å². The average molecular weight is 312 g/mol. The zero-order valence-corrected chi connectivity index (χ0v) is 12.3. The van der Waals surface area contributed by atoms with Crippen molar-refractivity contribution in [1.82, 2.24) is 5.32 Å². The normalized spacial score (nSPS) is 10.7. The number of aromatic carboxylic acids is 1. The fourth-order valence-electron chi connectivity index (χ4n) is 1.41. The molecule has 0 atom stereocenters. The molecule has 0 spiro atoms. The van der Waals surface area contributed by atoms with Gasteiger partial charge in [0.1, 0.15) is 16.9 Å².